The number of nitrogens with zero attached hydrogens (tertiary/aromatic N) is 3. The monoisotopic (exact) mass is 383 g/mol. The first-order valence-electron chi connectivity index (χ1n) is 9.33. The maximum atomic E-state index is 13.3. The van der Waals surface area contributed by atoms with Gasteiger partial charge in [0.15, 0.2) is 0 Å². The van der Waals surface area contributed by atoms with Crippen LogP contribution in [0.2, 0.25) is 0 Å². The van der Waals surface area contributed by atoms with Crippen molar-refractivity contribution < 1.29 is 18.8 Å². The number of β-amino-alcohol motifs (C(OH)–C–C–N with tert-alkyl or cyclic N) is 1. The summed E-state index contributed by atoms with van der Waals surface area (Å²) in [5, 5.41) is 15.8. The molecule has 1 aliphatic rings. The third-order valence-electron chi connectivity index (χ3n) is 5.29. The van der Waals surface area contributed by atoms with E-state index in [4.69, 9.17) is 4.52 Å². The van der Waals surface area contributed by atoms with E-state index in [0.29, 0.717) is 46.6 Å². The number of amides is 1. The van der Waals surface area contributed by atoms with E-state index in [2.05, 4.69) is 10.1 Å². The Balaban J connectivity index is 1.69. The molecule has 0 radical (unpaired) electrons. The van der Waals surface area contributed by atoms with Gasteiger partial charge in [-0.15, -0.1) is 0 Å². The van der Waals surface area contributed by atoms with Gasteiger partial charge in [0.1, 0.15) is 11.4 Å². The van der Waals surface area contributed by atoms with E-state index in [1.54, 1.807) is 30.0 Å². The molecule has 4 rings (SSSR count). The van der Waals surface area contributed by atoms with Gasteiger partial charge in [-0.25, -0.2) is 9.37 Å². The van der Waals surface area contributed by atoms with Crippen molar-refractivity contribution >= 4 is 17.0 Å². The molecule has 0 spiro atoms. The van der Waals surface area contributed by atoms with Gasteiger partial charge in [-0.05, 0) is 43.0 Å². The fourth-order valence-electron chi connectivity index (χ4n) is 3.79. The number of likely N-dealkylation sites (tertiary alicyclic amines) is 1. The third-order valence-corrected chi connectivity index (χ3v) is 5.29. The first-order valence-corrected chi connectivity index (χ1v) is 9.33. The number of benzene rings is 1. The van der Waals surface area contributed by atoms with Crippen LogP contribution in [0.15, 0.2) is 34.9 Å². The van der Waals surface area contributed by atoms with Crippen molar-refractivity contribution in [2.75, 3.05) is 13.1 Å². The van der Waals surface area contributed by atoms with Gasteiger partial charge in [-0.1, -0.05) is 31.1 Å². The summed E-state index contributed by atoms with van der Waals surface area (Å²) < 4.78 is 18.6. The Morgan fingerprint density at radius 2 is 2.04 bits per heavy atom. The predicted octanol–water partition coefficient (Wildman–Crippen LogP) is 3.53. The molecule has 1 amide bonds. The molecular weight excluding hydrogens is 361 g/mol. The molecule has 1 aromatic carbocycles. The molecule has 1 aliphatic heterocycles. The lowest BCUT2D eigenvalue weighted by Crippen LogP contribution is -2.34. The minimum absolute atomic E-state index is 0.0760. The van der Waals surface area contributed by atoms with Crippen molar-refractivity contribution in [3.05, 3.63) is 58.7 Å². The lowest BCUT2D eigenvalue weighted by atomic mass is 9.93. The first-order chi connectivity index (χ1) is 13.3. The molecule has 146 valence electrons. The largest absolute Gasteiger partial charge is 0.383 e. The molecule has 1 unspecified atom stereocenters. The van der Waals surface area contributed by atoms with Crippen molar-refractivity contribution in [3.8, 4) is 0 Å². The minimum atomic E-state index is -1.19. The van der Waals surface area contributed by atoms with Crippen molar-refractivity contribution in [1.29, 1.82) is 0 Å². The Kier molecular flexibility index (Phi) is 4.42. The molecule has 28 heavy (non-hydrogen) atoms. The summed E-state index contributed by atoms with van der Waals surface area (Å²) in [6.07, 6.45) is 0.387. The van der Waals surface area contributed by atoms with E-state index in [1.165, 1.54) is 12.1 Å². The number of aliphatic hydroxyl groups is 1. The molecule has 1 saturated heterocycles. The Morgan fingerprint density at radius 1 is 1.32 bits per heavy atom. The standard InChI is InChI=1S/C21H22FN3O3/c1-12(2)18-17-16(10-13(3)23-19(17)28-24-18)20(26)25-9-8-21(27,11-25)14-4-6-15(22)7-5-14/h4-7,10,12,27H,8-9,11H2,1-3H3. The average molecular weight is 383 g/mol. The van der Waals surface area contributed by atoms with Gasteiger partial charge in [0.2, 0.25) is 0 Å². The van der Waals surface area contributed by atoms with Crippen LogP contribution in [-0.4, -0.2) is 39.1 Å². The molecule has 3 aromatic rings. The van der Waals surface area contributed by atoms with Crippen LogP contribution in [0.4, 0.5) is 4.39 Å². The number of fused-ring (bicyclic) bond motifs is 1. The van der Waals surface area contributed by atoms with E-state index in [-0.39, 0.29) is 24.2 Å². The number of hydrogen-bond acceptors (Lipinski definition) is 5. The number of carbonyl (C=O) groups excluding carboxylic acids is 1. The summed E-state index contributed by atoms with van der Waals surface area (Å²) in [5.41, 5.74) is 1.60. The SMILES string of the molecule is Cc1cc(C(=O)N2CCC(O)(c3ccc(F)cc3)C2)c2c(C(C)C)noc2n1. The van der Waals surface area contributed by atoms with Gasteiger partial charge in [-0.3, -0.25) is 4.79 Å². The molecule has 3 heterocycles. The Labute approximate surface area is 162 Å². The van der Waals surface area contributed by atoms with Gasteiger partial charge in [-0.2, -0.15) is 0 Å². The molecule has 2 aromatic heterocycles. The smallest absolute Gasteiger partial charge is 0.259 e. The number of carbonyl (C=O) groups is 1. The van der Waals surface area contributed by atoms with Crippen molar-refractivity contribution in [2.24, 2.45) is 0 Å². The quantitative estimate of drug-likeness (QED) is 0.748. The number of hydrogen-bond donors (Lipinski definition) is 1. The number of aryl methyl sites for hydroxylation is 1. The van der Waals surface area contributed by atoms with Gasteiger partial charge in [0.25, 0.3) is 11.6 Å². The van der Waals surface area contributed by atoms with E-state index in [1.807, 2.05) is 13.8 Å². The van der Waals surface area contributed by atoms with Crippen LogP contribution >= 0.6 is 0 Å². The second kappa shape index (κ2) is 6.67. The molecule has 1 N–H and O–H groups in total. The summed E-state index contributed by atoms with van der Waals surface area (Å²) in [6.45, 7) is 6.30. The van der Waals surface area contributed by atoms with Gasteiger partial charge >= 0.3 is 0 Å². The van der Waals surface area contributed by atoms with Crippen LogP contribution < -0.4 is 0 Å². The summed E-state index contributed by atoms with van der Waals surface area (Å²) in [4.78, 5) is 19.3. The minimum Gasteiger partial charge on any atom is -0.383 e. The predicted molar refractivity (Wildman–Crippen MR) is 101 cm³/mol. The second-order valence-electron chi connectivity index (χ2n) is 7.73. The van der Waals surface area contributed by atoms with Crippen molar-refractivity contribution in [3.63, 3.8) is 0 Å². The zero-order valence-electron chi connectivity index (χ0n) is 16.1. The molecule has 7 heteroatoms. The normalized spacial score (nSPS) is 19.7. The van der Waals surface area contributed by atoms with E-state index < -0.39 is 5.60 Å². The van der Waals surface area contributed by atoms with E-state index >= 15 is 0 Å². The van der Waals surface area contributed by atoms with E-state index in [0.717, 1.165) is 0 Å². The lowest BCUT2D eigenvalue weighted by molar-refractivity contribution is 0.0417. The molecule has 6 nitrogen and oxygen atoms in total. The molecule has 1 fully saturated rings. The fraction of sp³-hybridized carbons (Fsp3) is 0.381. The molecule has 0 bridgehead atoms. The Morgan fingerprint density at radius 3 is 2.71 bits per heavy atom. The molecule has 0 saturated carbocycles. The van der Waals surface area contributed by atoms with Crippen LogP contribution in [-0.2, 0) is 5.60 Å². The van der Waals surface area contributed by atoms with Crippen molar-refractivity contribution in [1.82, 2.24) is 15.0 Å². The van der Waals surface area contributed by atoms with E-state index in [9.17, 15) is 14.3 Å². The first kappa shape index (κ1) is 18.6. The number of halogens is 1. The molecule has 1 atom stereocenters. The summed E-state index contributed by atoms with van der Waals surface area (Å²) in [6, 6.07) is 7.51. The van der Waals surface area contributed by atoms with Crippen LogP contribution in [0.5, 0.6) is 0 Å². The van der Waals surface area contributed by atoms with Crippen molar-refractivity contribution in [2.45, 2.75) is 38.7 Å². The number of pyridine rings is 1. The highest BCUT2D eigenvalue weighted by Crippen LogP contribution is 2.34. The Bertz CT molecular complexity index is 1040. The maximum absolute atomic E-state index is 13.3. The Hall–Kier alpha value is -2.80. The summed E-state index contributed by atoms with van der Waals surface area (Å²) >= 11 is 0. The van der Waals surface area contributed by atoms with Crippen LogP contribution in [0.1, 0.15) is 53.5 Å². The van der Waals surface area contributed by atoms with Gasteiger partial charge in [0, 0.05) is 12.2 Å². The zero-order valence-corrected chi connectivity index (χ0v) is 16.1. The van der Waals surface area contributed by atoms with Crippen LogP contribution in [0.25, 0.3) is 11.1 Å². The number of rotatable bonds is 3. The van der Waals surface area contributed by atoms with Gasteiger partial charge < -0.3 is 14.5 Å². The third kappa shape index (κ3) is 3.05. The summed E-state index contributed by atoms with van der Waals surface area (Å²) in [7, 11) is 0. The highest BCUT2D eigenvalue weighted by Gasteiger charge is 2.40. The summed E-state index contributed by atoms with van der Waals surface area (Å²) in [5.74, 6) is -0.479. The number of aromatic nitrogens is 2. The fourth-order valence-corrected chi connectivity index (χ4v) is 3.79. The van der Waals surface area contributed by atoms with Crippen LogP contribution in [0.3, 0.4) is 0 Å². The maximum Gasteiger partial charge on any atom is 0.259 e. The second-order valence-corrected chi connectivity index (χ2v) is 7.73. The van der Waals surface area contributed by atoms with Crippen LogP contribution in [0, 0.1) is 12.7 Å². The average Bonchev–Trinajstić information content (AvgIpc) is 3.25. The molecule has 0 aliphatic carbocycles. The van der Waals surface area contributed by atoms with Gasteiger partial charge in [0.05, 0.1) is 23.2 Å². The lowest BCUT2D eigenvalue weighted by Gasteiger charge is -2.24. The highest BCUT2D eigenvalue weighted by atomic mass is 19.1. The molecular formula is C21H22FN3O3. The topological polar surface area (TPSA) is 79.5 Å². The highest BCUT2D eigenvalue weighted by molar-refractivity contribution is 6.06. The zero-order chi connectivity index (χ0) is 20.1.